The summed E-state index contributed by atoms with van der Waals surface area (Å²) < 4.78 is 0. The first kappa shape index (κ1) is 26.9. The Morgan fingerprint density at radius 2 is 1.39 bits per heavy atom. The Labute approximate surface area is 232 Å². The number of allylic oxidation sites excluding steroid dienone is 4. The molecule has 0 spiro atoms. The Kier molecular flexibility index (Phi) is 9.22. The number of hydrogen-bond donors (Lipinski definition) is 0. The van der Waals surface area contributed by atoms with Crippen molar-refractivity contribution >= 4 is 70.2 Å². The van der Waals surface area contributed by atoms with Gasteiger partial charge in [0, 0.05) is 32.1 Å². The number of aliphatic imine (C=N–C) groups is 2. The summed E-state index contributed by atoms with van der Waals surface area (Å²) >= 11 is 1.96. The van der Waals surface area contributed by atoms with Gasteiger partial charge in [-0.3, -0.25) is 9.98 Å². The van der Waals surface area contributed by atoms with Crippen molar-refractivity contribution in [2.75, 3.05) is 0 Å². The van der Waals surface area contributed by atoms with Crippen LogP contribution in [0.4, 0.5) is 5.69 Å². The third kappa shape index (κ3) is 6.02. The summed E-state index contributed by atoms with van der Waals surface area (Å²) in [4.78, 5) is 12.6. The first-order valence-electron chi connectivity index (χ1n) is 11.8. The van der Waals surface area contributed by atoms with Gasteiger partial charge in [-0.1, -0.05) is 67.6 Å². The van der Waals surface area contributed by atoms with E-state index in [9.17, 15) is 0 Å². The molecule has 1 unspecified atom stereocenters. The Morgan fingerprint density at radius 1 is 0.861 bits per heavy atom. The monoisotopic (exact) mass is 574 g/mol. The molecule has 0 N–H and O–H groups in total. The van der Waals surface area contributed by atoms with Crippen molar-refractivity contribution < 1.29 is 13.1 Å². The normalized spacial score (nSPS) is 16.6. The molecule has 0 aliphatic heterocycles. The maximum absolute atomic E-state index is 5.17. The van der Waals surface area contributed by atoms with Crippen molar-refractivity contribution in [2.24, 2.45) is 15.9 Å². The molecule has 0 saturated heterocycles. The molecule has 0 bridgehead atoms. The van der Waals surface area contributed by atoms with Crippen LogP contribution in [-0.2, 0) is 13.1 Å². The molecule has 2 nitrogen and oxygen atoms in total. The van der Waals surface area contributed by atoms with Gasteiger partial charge in [0.2, 0.25) is 0 Å². The summed E-state index contributed by atoms with van der Waals surface area (Å²) in [6, 6.07) is 23.6. The average Bonchev–Trinajstić information content (AvgIpc) is 3.37. The molecule has 1 heterocycles. The van der Waals surface area contributed by atoms with Gasteiger partial charge in [-0.15, -0.1) is 11.3 Å². The molecule has 3 aromatic carbocycles. The molecule has 4 aromatic rings. The van der Waals surface area contributed by atoms with E-state index >= 15 is 0 Å². The fourth-order valence-corrected chi connectivity index (χ4v) is 5.42. The molecule has 6 heteroatoms. The van der Waals surface area contributed by atoms with Crippen LogP contribution in [0.3, 0.4) is 0 Å². The molecule has 0 fully saturated rings. The first-order chi connectivity index (χ1) is 17.4. The van der Waals surface area contributed by atoms with Crippen LogP contribution in [0.5, 0.6) is 0 Å². The van der Waals surface area contributed by atoms with Gasteiger partial charge in [0.15, 0.2) is 0 Å². The summed E-state index contributed by atoms with van der Waals surface area (Å²) in [5.41, 5.74) is 5.63. The van der Waals surface area contributed by atoms with Crippen molar-refractivity contribution in [1.29, 1.82) is 0 Å². The van der Waals surface area contributed by atoms with E-state index in [4.69, 9.17) is 30.2 Å². The molecule has 0 amide bonds. The van der Waals surface area contributed by atoms with Crippen molar-refractivity contribution in [3.05, 3.63) is 99.9 Å². The zero-order valence-corrected chi connectivity index (χ0v) is 24.1. The van der Waals surface area contributed by atoms with Gasteiger partial charge >= 0.3 is 33.3 Å². The number of rotatable bonds is 4. The summed E-state index contributed by atoms with van der Waals surface area (Å²) in [5.74, 6) is 0.465. The van der Waals surface area contributed by atoms with Crippen molar-refractivity contribution in [1.82, 2.24) is 0 Å². The SMILES string of the molecule is CC(=NC1=C(C)C=CCC1C)c1ccc(C(C)=Nc2c3ccccc3cc3ccccc23)s1.[Cl][Fe][Cl]. The summed E-state index contributed by atoms with van der Waals surface area (Å²) in [5, 5.41) is 4.81. The van der Waals surface area contributed by atoms with Gasteiger partial charge in [-0.25, -0.2) is 0 Å². The summed E-state index contributed by atoms with van der Waals surface area (Å²) in [6.45, 7) is 8.64. The molecular weight excluding hydrogens is 547 g/mol. The minimum atomic E-state index is 0.194. The van der Waals surface area contributed by atoms with E-state index in [1.165, 1.54) is 42.6 Å². The molecule has 36 heavy (non-hydrogen) atoms. The van der Waals surface area contributed by atoms with Gasteiger partial charge in [0.25, 0.3) is 0 Å². The zero-order valence-electron chi connectivity index (χ0n) is 20.7. The number of hydrogen-bond acceptors (Lipinski definition) is 3. The molecule has 0 radical (unpaired) electrons. The number of fused-ring (bicyclic) bond motifs is 2. The molecule has 186 valence electrons. The topological polar surface area (TPSA) is 24.7 Å². The van der Waals surface area contributed by atoms with Crippen molar-refractivity contribution in [2.45, 2.75) is 34.1 Å². The number of halogens is 2. The number of thiophene rings is 1. The molecule has 1 aromatic heterocycles. The van der Waals surface area contributed by atoms with Crippen LogP contribution in [0.1, 0.15) is 43.9 Å². The van der Waals surface area contributed by atoms with E-state index in [1.807, 2.05) is 0 Å². The average molecular weight is 575 g/mol. The third-order valence-electron chi connectivity index (χ3n) is 6.36. The van der Waals surface area contributed by atoms with Crippen LogP contribution in [0.15, 0.2) is 100 Å². The molecule has 1 aliphatic carbocycles. The molecule has 1 atom stereocenters. The molecule has 0 saturated carbocycles. The van der Waals surface area contributed by atoms with Crippen LogP contribution in [-0.4, -0.2) is 11.4 Å². The predicted octanol–water partition coefficient (Wildman–Crippen LogP) is 10.3. The van der Waals surface area contributed by atoms with E-state index in [1.54, 1.807) is 11.3 Å². The zero-order chi connectivity index (χ0) is 25.7. The molecule has 1 aliphatic rings. The Bertz CT molecular complexity index is 1460. The second-order valence-corrected chi connectivity index (χ2v) is 11.8. The van der Waals surface area contributed by atoms with E-state index < -0.39 is 0 Å². The van der Waals surface area contributed by atoms with Crippen LogP contribution >= 0.6 is 31.5 Å². The Hall–Kier alpha value is -2.20. The second-order valence-electron chi connectivity index (χ2n) is 8.88. The fourth-order valence-electron chi connectivity index (χ4n) is 4.53. The van der Waals surface area contributed by atoms with Crippen LogP contribution in [0, 0.1) is 5.92 Å². The molecular formula is C30H28Cl2FeN2S. The van der Waals surface area contributed by atoms with Crippen LogP contribution in [0.25, 0.3) is 21.5 Å². The fraction of sp³-hybridized carbons (Fsp3) is 0.200. The predicted molar refractivity (Wildman–Crippen MR) is 157 cm³/mol. The number of benzene rings is 3. The van der Waals surface area contributed by atoms with Gasteiger partial charge < -0.3 is 0 Å². The Balaban J connectivity index is 0.000000967. The Morgan fingerprint density at radius 3 is 1.94 bits per heavy atom. The van der Waals surface area contributed by atoms with E-state index in [0.29, 0.717) is 5.92 Å². The third-order valence-corrected chi connectivity index (χ3v) is 7.66. The second kappa shape index (κ2) is 12.4. The van der Waals surface area contributed by atoms with Crippen molar-refractivity contribution in [3.63, 3.8) is 0 Å². The minimum absolute atomic E-state index is 0.194. The summed E-state index contributed by atoms with van der Waals surface area (Å²) in [6.07, 6.45) is 5.50. The maximum atomic E-state index is 5.17. The quantitative estimate of drug-likeness (QED) is 0.131. The van der Waals surface area contributed by atoms with Gasteiger partial charge in [0.05, 0.1) is 17.1 Å². The summed E-state index contributed by atoms with van der Waals surface area (Å²) in [7, 11) is 9.53. The van der Waals surface area contributed by atoms with Crippen LogP contribution in [0.2, 0.25) is 0 Å². The first-order valence-corrected chi connectivity index (χ1v) is 15.6. The van der Waals surface area contributed by atoms with Crippen LogP contribution < -0.4 is 0 Å². The van der Waals surface area contributed by atoms with E-state index in [0.717, 1.165) is 23.5 Å². The van der Waals surface area contributed by atoms with Gasteiger partial charge in [0.1, 0.15) is 0 Å². The van der Waals surface area contributed by atoms with Crippen molar-refractivity contribution in [3.8, 4) is 0 Å². The van der Waals surface area contributed by atoms with Gasteiger partial charge in [-0.05, 0) is 61.7 Å². The van der Waals surface area contributed by atoms with Gasteiger partial charge in [-0.2, -0.15) is 0 Å². The number of nitrogens with zero attached hydrogens (tertiary/aromatic N) is 2. The van der Waals surface area contributed by atoms with E-state index in [2.05, 4.69) is 107 Å². The van der Waals surface area contributed by atoms with E-state index in [-0.39, 0.29) is 13.1 Å². The standard InChI is InChI=1S/C30H28N2S.2ClH.Fe/c1-19-10-9-11-20(2)29(19)31-21(3)27-16-17-28(33-27)22(4)32-30-25-14-7-5-12-23(25)18-24-13-6-8-15-26(24)30;;;/h5-10,12-18,20H,11H2,1-4H3;2*1H;/q;;;+2/p-2. The molecule has 5 rings (SSSR count).